The average Bonchev–Trinajstić information content (AvgIpc) is 2.38. The quantitative estimate of drug-likeness (QED) is 0.617. The molecule has 17 heavy (non-hydrogen) atoms. The fraction of sp³-hybridized carbons (Fsp3) is 0. The summed E-state index contributed by atoms with van der Waals surface area (Å²) < 4.78 is 5.45. The minimum absolute atomic E-state index is 0.0805. The van der Waals surface area contributed by atoms with Crippen LogP contribution in [0.2, 0.25) is 0 Å². The number of fused-ring (bicyclic) bond motifs is 3. The van der Waals surface area contributed by atoms with Crippen LogP contribution in [0.5, 0.6) is 0 Å². The molecule has 1 aromatic rings. The second kappa shape index (κ2) is 4.09. The van der Waals surface area contributed by atoms with E-state index in [0.717, 1.165) is 21.7 Å². The van der Waals surface area contributed by atoms with Crippen LogP contribution in [0, 0.1) is 0 Å². The lowest BCUT2D eigenvalue weighted by molar-refractivity contribution is 0.571. The van der Waals surface area contributed by atoms with Crippen LogP contribution in [-0.2, 0) is 0 Å². The molecule has 0 aromatic heterocycles. The number of hydrogen-bond donors (Lipinski definition) is 0. The van der Waals surface area contributed by atoms with E-state index in [4.69, 9.17) is 15.1 Å². The molecule has 3 rings (SSSR count). The van der Waals surface area contributed by atoms with Gasteiger partial charge in [0, 0.05) is 5.39 Å². The standard InChI is InChI=1S/C13H7ClO2S/c14-17-11-6-5-10-12(13(11)15)9-4-2-1-3-8(9)7-16-10/h1-7H. The first-order chi connectivity index (χ1) is 8.31. The summed E-state index contributed by atoms with van der Waals surface area (Å²) in [6.07, 6.45) is 1.66. The average molecular weight is 263 g/mol. The predicted molar refractivity (Wildman–Crippen MR) is 70.8 cm³/mol. The lowest BCUT2D eigenvalue weighted by Crippen LogP contribution is -2.07. The van der Waals surface area contributed by atoms with E-state index in [1.807, 2.05) is 24.3 Å². The van der Waals surface area contributed by atoms with E-state index in [0.29, 0.717) is 16.2 Å². The third kappa shape index (κ3) is 1.63. The third-order valence-corrected chi connectivity index (χ3v) is 3.70. The summed E-state index contributed by atoms with van der Waals surface area (Å²) in [5.74, 6) is 0.586. The highest BCUT2D eigenvalue weighted by Crippen LogP contribution is 2.30. The highest BCUT2D eigenvalue weighted by Gasteiger charge is 2.15. The molecule has 0 fully saturated rings. The highest BCUT2D eigenvalue weighted by atomic mass is 35.7. The fourth-order valence-corrected chi connectivity index (χ4v) is 2.57. The fourth-order valence-electron chi connectivity index (χ4n) is 1.91. The van der Waals surface area contributed by atoms with Gasteiger partial charge in [0.25, 0.3) is 0 Å². The van der Waals surface area contributed by atoms with E-state index in [-0.39, 0.29) is 5.43 Å². The molecular formula is C13H7ClO2S. The molecule has 1 aromatic carbocycles. The molecule has 1 aliphatic heterocycles. The lowest BCUT2D eigenvalue weighted by Gasteiger charge is -2.08. The summed E-state index contributed by atoms with van der Waals surface area (Å²) in [6, 6.07) is 11.1. The molecule has 1 aliphatic carbocycles. The van der Waals surface area contributed by atoms with Gasteiger partial charge >= 0.3 is 0 Å². The third-order valence-electron chi connectivity index (χ3n) is 2.71. The van der Waals surface area contributed by atoms with Crippen LogP contribution in [-0.4, -0.2) is 0 Å². The minimum Gasteiger partial charge on any atom is -0.464 e. The first-order valence-electron chi connectivity index (χ1n) is 5.03. The summed E-state index contributed by atoms with van der Waals surface area (Å²) in [4.78, 5) is 12.7. The minimum atomic E-state index is -0.0805. The maximum absolute atomic E-state index is 12.2. The Kier molecular flexibility index (Phi) is 2.57. The second-order valence-corrected chi connectivity index (χ2v) is 4.72. The first kappa shape index (κ1) is 10.7. The van der Waals surface area contributed by atoms with Crippen LogP contribution in [0.1, 0.15) is 0 Å². The van der Waals surface area contributed by atoms with E-state index >= 15 is 0 Å². The van der Waals surface area contributed by atoms with Gasteiger partial charge in [-0.05, 0) is 39.2 Å². The zero-order valence-corrected chi connectivity index (χ0v) is 10.2. The molecule has 84 valence electrons. The molecule has 0 saturated carbocycles. The molecule has 0 amide bonds. The summed E-state index contributed by atoms with van der Waals surface area (Å²) in [7, 11) is 6.61. The van der Waals surface area contributed by atoms with Crippen molar-refractivity contribution in [2.24, 2.45) is 0 Å². The van der Waals surface area contributed by atoms with Gasteiger partial charge in [0.1, 0.15) is 5.76 Å². The first-order valence-corrected chi connectivity index (χ1v) is 6.67. The Labute approximate surface area is 106 Å². The molecule has 0 saturated heterocycles. The maximum atomic E-state index is 12.2. The number of halogens is 1. The maximum Gasteiger partial charge on any atom is 0.204 e. The van der Waals surface area contributed by atoms with E-state index in [1.165, 1.54) is 0 Å². The molecule has 4 heteroatoms. The highest BCUT2D eigenvalue weighted by molar-refractivity contribution is 8.21. The lowest BCUT2D eigenvalue weighted by atomic mass is 10.0. The van der Waals surface area contributed by atoms with Crippen molar-refractivity contribution < 1.29 is 4.42 Å². The molecule has 0 spiro atoms. The molecule has 2 aliphatic rings. The molecule has 0 radical (unpaired) electrons. The van der Waals surface area contributed by atoms with Crippen molar-refractivity contribution in [3.63, 3.8) is 0 Å². The second-order valence-electron chi connectivity index (χ2n) is 3.67. The van der Waals surface area contributed by atoms with Gasteiger partial charge in [-0.2, -0.15) is 0 Å². The van der Waals surface area contributed by atoms with E-state index in [1.54, 1.807) is 18.4 Å². The smallest absolute Gasteiger partial charge is 0.204 e. The van der Waals surface area contributed by atoms with Gasteiger partial charge in [0.05, 0.1) is 16.7 Å². The Hall–Kier alpha value is -1.45. The van der Waals surface area contributed by atoms with Gasteiger partial charge < -0.3 is 4.42 Å². The van der Waals surface area contributed by atoms with Crippen molar-refractivity contribution in [3.8, 4) is 11.3 Å². The predicted octanol–water partition coefficient (Wildman–Crippen LogP) is 4.14. The largest absolute Gasteiger partial charge is 0.464 e. The van der Waals surface area contributed by atoms with Crippen molar-refractivity contribution in [1.82, 2.24) is 0 Å². The number of hydrogen-bond acceptors (Lipinski definition) is 3. The zero-order chi connectivity index (χ0) is 11.8. The van der Waals surface area contributed by atoms with Crippen LogP contribution in [0.3, 0.4) is 0 Å². The summed E-state index contributed by atoms with van der Waals surface area (Å²) in [5, 5.41) is 1.81. The van der Waals surface area contributed by atoms with Crippen LogP contribution < -0.4 is 5.43 Å². The summed E-state index contributed by atoms with van der Waals surface area (Å²) in [6.45, 7) is 0. The van der Waals surface area contributed by atoms with E-state index in [2.05, 4.69) is 0 Å². The van der Waals surface area contributed by atoms with Crippen molar-refractivity contribution in [1.29, 1.82) is 0 Å². The zero-order valence-electron chi connectivity index (χ0n) is 8.64. The SMILES string of the molecule is O=c1c(SCl)ccc2occ3ccccc3c1-2. The summed E-state index contributed by atoms with van der Waals surface area (Å²) >= 11 is 0. The van der Waals surface area contributed by atoms with Gasteiger partial charge in [0.2, 0.25) is 5.43 Å². The molecule has 1 heterocycles. The van der Waals surface area contributed by atoms with E-state index < -0.39 is 0 Å². The monoisotopic (exact) mass is 262 g/mol. The molecular weight excluding hydrogens is 256 g/mol. The van der Waals surface area contributed by atoms with Crippen molar-refractivity contribution in [3.05, 3.63) is 52.9 Å². The van der Waals surface area contributed by atoms with Crippen molar-refractivity contribution in [2.45, 2.75) is 4.90 Å². The van der Waals surface area contributed by atoms with Gasteiger partial charge in [-0.1, -0.05) is 24.3 Å². The Morgan fingerprint density at radius 3 is 2.76 bits per heavy atom. The van der Waals surface area contributed by atoms with Gasteiger partial charge in [-0.3, -0.25) is 4.79 Å². The van der Waals surface area contributed by atoms with Crippen molar-refractivity contribution in [2.75, 3.05) is 0 Å². The van der Waals surface area contributed by atoms with Crippen LogP contribution in [0.15, 0.2) is 56.8 Å². The Balaban J connectivity index is 2.55. The Morgan fingerprint density at radius 2 is 1.94 bits per heavy atom. The molecule has 2 nitrogen and oxygen atoms in total. The van der Waals surface area contributed by atoms with Crippen LogP contribution in [0.25, 0.3) is 22.1 Å². The Morgan fingerprint density at radius 1 is 1.12 bits per heavy atom. The van der Waals surface area contributed by atoms with Gasteiger partial charge in [-0.15, -0.1) is 0 Å². The van der Waals surface area contributed by atoms with Crippen LogP contribution in [0.4, 0.5) is 0 Å². The Bertz CT molecular complexity index is 720. The molecule has 0 bridgehead atoms. The topological polar surface area (TPSA) is 30.2 Å². The number of benzene rings is 2. The molecule has 0 atom stereocenters. The van der Waals surface area contributed by atoms with Gasteiger partial charge in [-0.25, -0.2) is 0 Å². The summed E-state index contributed by atoms with van der Waals surface area (Å²) in [5.41, 5.74) is 0.511. The van der Waals surface area contributed by atoms with E-state index in [9.17, 15) is 4.79 Å². The van der Waals surface area contributed by atoms with Crippen molar-refractivity contribution >= 4 is 32.4 Å². The van der Waals surface area contributed by atoms with Crippen LogP contribution >= 0.6 is 21.7 Å². The molecule has 0 unspecified atom stereocenters. The number of rotatable bonds is 1. The molecule has 0 N–H and O–H groups in total. The normalized spacial score (nSPS) is 11.1. The van der Waals surface area contributed by atoms with Gasteiger partial charge in [0.15, 0.2) is 0 Å².